The van der Waals surface area contributed by atoms with Gasteiger partial charge < -0.3 is 9.47 Å². The van der Waals surface area contributed by atoms with Crippen LogP contribution in [0.2, 0.25) is 0 Å². The van der Waals surface area contributed by atoms with E-state index in [9.17, 15) is 19.2 Å². The van der Waals surface area contributed by atoms with E-state index in [0.717, 1.165) is 14.2 Å². The molecule has 0 aromatic heterocycles. The number of methoxy groups -OCH3 is 2. The predicted octanol–water partition coefficient (Wildman–Crippen LogP) is -0.973. The van der Waals surface area contributed by atoms with Crippen LogP contribution in [0.3, 0.4) is 0 Å². The highest BCUT2D eigenvalue weighted by Gasteiger charge is 2.13. The summed E-state index contributed by atoms with van der Waals surface area (Å²) in [6.45, 7) is 0. The average Bonchev–Trinajstić information content (AvgIpc) is 2.22. The van der Waals surface area contributed by atoms with Gasteiger partial charge in [-0.3, -0.25) is 9.59 Å². The van der Waals surface area contributed by atoms with Gasteiger partial charge in [0.2, 0.25) is 0 Å². The molecular formula is C8H8O6. The van der Waals surface area contributed by atoms with Crippen LogP contribution in [0.1, 0.15) is 0 Å². The highest BCUT2D eigenvalue weighted by molar-refractivity contribution is 6.42. The number of carbonyl (C=O) groups excluding carboxylic acids is 4. The summed E-state index contributed by atoms with van der Waals surface area (Å²) in [5.41, 5.74) is 0. The molecule has 0 atom stereocenters. The second-order valence-corrected chi connectivity index (χ2v) is 2.04. The van der Waals surface area contributed by atoms with Crippen molar-refractivity contribution < 1.29 is 28.7 Å². The van der Waals surface area contributed by atoms with Gasteiger partial charge >= 0.3 is 11.9 Å². The van der Waals surface area contributed by atoms with Crippen molar-refractivity contribution in [2.24, 2.45) is 0 Å². The number of ether oxygens (including phenoxy) is 2. The van der Waals surface area contributed by atoms with Crippen LogP contribution in [-0.4, -0.2) is 37.7 Å². The normalized spacial score (nSPS) is 9.57. The van der Waals surface area contributed by atoms with Crippen molar-refractivity contribution in [3.8, 4) is 0 Å². The van der Waals surface area contributed by atoms with Crippen LogP contribution in [0.15, 0.2) is 12.2 Å². The van der Waals surface area contributed by atoms with Gasteiger partial charge in [0.05, 0.1) is 14.2 Å². The number of carbonyl (C=O) groups is 4. The lowest BCUT2D eigenvalue weighted by Gasteiger charge is -1.92. The predicted molar refractivity (Wildman–Crippen MR) is 43.2 cm³/mol. The van der Waals surface area contributed by atoms with Crippen molar-refractivity contribution in [2.45, 2.75) is 0 Å². The van der Waals surface area contributed by atoms with Gasteiger partial charge in [0.1, 0.15) is 0 Å². The molecule has 0 rings (SSSR count). The first kappa shape index (κ1) is 12.0. The highest BCUT2D eigenvalue weighted by atomic mass is 16.5. The molecule has 0 saturated carbocycles. The summed E-state index contributed by atoms with van der Waals surface area (Å²) in [5.74, 6) is -4.27. The second-order valence-electron chi connectivity index (χ2n) is 2.04. The zero-order valence-electron chi connectivity index (χ0n) is 7.60. The topological polar surface area (TPSA) is 86.7 Å². The summed E-state index contributed by atoms with van der Waals surface area (Å²) < 4.78 is 8.13. The molecule has 0 bridgehead atoms. The molecule has 0 aliphatic rings. The van der Waals surface area contributed by atoms with Crippen molar-refractivity contribution >= 4 is 23.5 Å². The zero-order valence-corrected chi connectivity index (χ0v) is 7.60. The molecule has 0 amide bonds. The van der Waals surface area contributed by atoms with Crippen molar-refractivity contribution in [1.82, 2.24) is 0 Å². The van der Waals surface area contributed by atoms with E-state index in [1.165, 1.54) is 0 Å². The molecule has 0 aliphatic heterocycles. The van der Waals surface area contributed by atoms with Gasteiger partial charge in [-0.05, 0) is 12.2 Å². The van der Waals surface area contributed by atoms with Gasteiger partial charge in [-0.15, -0.1) is 0 Å². The molecule has 0 heterocycles. The third-order valence-electron chi connectivity index (χ3n) is 1.16. The third kappa shape index (κ3) is 3.61. The van der Waals surface area contributed by atoms with Gasteiger partial charge in [-0.2, -0.15) is 0 Å². The van der Waals surface area contributed by atoms with Gasteiger partial charge in [-0.25, -0.2) is 9.59 Å². The fourth-order valence-electron chi connectivity index (χ4n) is 0.489. The Bertz CT molecular complexity index is 271. The molecule has 0 aromatic rings. The second kappa shape index (κ2) is 5.63. The Morgan fingerprint density at radius 3 is 1.29 bits per heavy atom. The lowest BCUT2D eigenvalue weighted by molar-refractivity contribution is -0.150. The van der Waals surface area contributed by atoms with Crippen molar-refractivity contribution in [3.63, 3.8) is 0 Å². The van der Waals surface area contributed by atoms with Gasteiger partial charge in [0.15, 0.2) is 0 Å². The Morgan fingerprint density at radius 1 is 0.786 bits per heavy atom. The number of ketones is 2. The summed E-state index contributed by atoms with van der Waals surface area (Å²) in [7, 11) is 2.05. The van der Waals surface area contributed by atoms with E-state index in [1.54, 1.807) is 0 Å². The smallest absolute Gasteiger partial charge is 0.378 e. The van der Waals surface area contributed by atoms with Crippen LogP contribution in [0.4, 0.5) is 0 Å². The maximum atomic E-state index is 10.7. The molecule has 0 radical (unpaired) electrons. The zero-order chi connectivity index (χ0) is 11.1. The molecule has 0 saturated heterocycles. The molecular weight excluding hydrogens is 192 g/mol. The van der Waals surface area contributed by atoms with Crippen molar-refractivity contribution in [3.05, 3.63) is 12.2 Å². The number of rotatable bonds is 4. The van der Waals surface area contributed by atoms with Crippen LogP contribution >= 0.6 is 0 Å². The lowest BCUT2D eigenvalue weighted by Crippen LogP contribution is -2.16. The van der Waals surface area contributed by atoms with E-state index in [-0.39, 0.29) is 0 Å². The van der Waals surface area contributed by atoms with E-state index in [2.05, 4.69) is 9.47 Å². The summed E-state index contributed by atoms with van der Waals surface area (Å²) in [4.78, 5) is 42.5. The Balaban J connectivity index is 4.32. The largest absolute Gasteiger partial charge is 0.463 e. The lowest BCUT2D eigenvalue weighted by atomic mass is 10.3. The van der Waals surface area contributed by atoms with Gasteiger partial charge in [0, 0.05) is 0 Å². The molecule has 0 spiro atoms. The highest BCUT2D eigenvalue weighted by Crippen LogP contribution is 1.85. The monoisotopic (exact) mass is 200 g/mol. The van der Waals surface area contributed by atoms with E-state index in [1.807, 2.05) is 0 Å². The van der Waals surface area contributed by atoms with Crippen LogP contribution in [0.25, 0.3) is 0 Å². The van der Waals surface area contributed by atoms with Crippen LogP contribution in [-0.2, 0) is 28.7 Å². The first-order valence-corrected chi connectivity index (χ1v) is 3.45. The first-order chi connectivity index (χ1) is 6.52. The minimum atomic E-state index is -1.11. The Hall–Kier alpha value is -1.98. The van der Waals surface area contributed by atoms with E-state index >= 15 is 0 Å². The average molecular weight is 200 g/mol. The minimum Gasteiger partial charge on any atom is -0.463 e. The maximum Gasteiger partial charge on any atom is 0.378 e. The van der Waals surface area contributed by atoms with Crippen molar-refractivity contribution in [2.75, 3.05) is 14.2 Å². The summed E-state index contributed by atoms with van der Waals surface area (Å²) in [5, 5.41) is 0. The minimum absolute atomic E-state index is 0.644. The molecule has 6 nitrogen and oxygen atoms in total. The molecule has 0 fully saturated rings. The number of hydrogen-bond donors (Lipinski definition) is 0. The quantitative estimate of drug-likeness (QED) is 0.329. The molecule has 0 unspecified atom stereocenters. The van der Waals surface area contributed by atoms with Gasteiger partial charge in [-0.1, -0.05) is 0 Å². The Labute approximate surface area is 79.5 Å². The first-order valence-electron chi connectivity index (χ1n) is 3.45. The number of esters is 2. The van der Waals surface area contributed by atoms with E-state index in [4.69, 9.17) is 0 Å². The molecule has 0 aliphatic carbocycles. The molecule has 14 heavy (non-hydrogen) atoms. The van der Waals surface area contributed by atoms with E-state index < -0.39 is 23.5 Å². The van der Waals surface area contributed by atoms with Crippen LogP contribution in [0.5, 0.6) is 0 Å². The molecule has 76 valence electrons. The molecule has 0 aromatic carbocycles. The number of hydrogen-bond acceptors (Lipinski definition) is 6. The van der Waals surface area contributed by atoms with E-state index in [0.29, 0.717) is 12.2 Å². The third-order valence-corrected chi connectivity index (χ3v) is 1.16. The molecule has 6 heteroatoms. The Morgan fingerprint density at radius 2 is 1.07 bits per heavy atom. The summed E-state index contributed by atoms with van der Waals surface area (Å²) in [6.07, 6.45) is 1.29. The van der Waals surface area contributed by atoms with Crippen molar-refractivity contribution in [1.29, 1.82) is 0 Å². The summed E-state index contributed by atoms with van der Waals surface area (Å²) >= 11 is 0. The fourth-order valence-corrected chi connectivity index (χ4v) is 0.489. The Kier molecular flexibility index (Phi) is 4.83. The van der Waals surface area contributed by atoms with Crippen LogP contribution < -0.4 is 0 Å². The maximum absolute atomic E-state index is 10.7. The molecule has 0 N–H and O–H groups in total. The summed E-state index contributed by atoms with van der Waals surface area (Å²) in [6, 6.07) is 0. The SMILES string of the molecule is COC(=O)C(=O)/C=C\C(=O)C(=O)OC. The van der Waals surface area contributed by atoms with Gasteiger partial charge in [0.25, 0.3) is 11.6 Å². The standard InChI is InChI=1S/C8H8O6/c1-13-7(11)5(9)3-4-6(10)8(12)14-2/h3-4H,1-2H3/b4-3-. The fraction of sp³-hybridized carbons (Fsp3) is 0.250. The van der Waals surface area contributed by atoms with Crippen LogP contribution in [0, 0.1) is 0 Å².